The van der Waals surface area contributed by atoms with Crippen LogP contribution in [0.1, 0.15) is 25.8 Å². The van der Waals surface area contributed by atoms with E-state index < -0.39 is 5.97 Å². The maximum atomic E-state index is 12.0. The van der Waals surface area contributed by atoms with E-state index in [4.69, 9.17) is 16.3 Å². The molecule has 1 atom stereocenters. The first kappa shape index (κ1) is 18.3. The number of benzene rings is 1. The van der Waals surface area contributed by atoms with E-state index in [2.05, 4.69) is 18.2 Å². The van der Waals surface area contributed by atoms with Gasteiger partial charge in [0.1, 0.15) is 0 Å². The topological polar surface area (TPSA) is 49.8 Å². The minimum Gasteiger partial charge on any atom is -0.494 e. The first-order valence-corrected chi connectivity index (χ1v) is 8.96. The highest BCUT2D eigenvalue weighted by molar-refractivity contribution is 6.31. The standard InChI is InChI=1S/C21H22ClNO3/c1-4-13-7-6-8-14(16(13)5-2)12-23-18-10-9-15(22)11-17(18)20(26-3)19(23)21(24)25/h4-9,11,18H,10,12H2,1-3H3,(H,24,25)/b13-4-,16-5+. The molecule has 1 unspecified atom stereocenters. The molecule has 0 bridgehead atoms. The van der Waals surface area contributed by atoms with E-state index in [9.17, 15) is 9.90 Å². The van der Waals surface area contributed by atoms with E-state index >= 15 is 0 Å². The zero-order valence-corrected chi connectivity index (χ0v) is 15.9. The second kappa shape index (κ2) is 7.42. The van der Waals surface area contributed by atoms with E-state index in [0.717, 1.165) is 21.6 Å². The second-order valence-corrected chi connectivity index (χ2v) is 6.69. The number of rotatable bonds is 4. The molecule has 1 aliphatic carbocycles. The van der Waals surface area contributed by atoms with Crippen LogP contribution in [0.25, 0.3) is 12.2 Å². The van der Waals surface area contributed by atoms with Gasteiger partial charge >= 0.3 is 5.97 Å². The molecule has 1 aromatic carbocycles. The Hall–Kier alpha value is -2.46. The number of ether oxygens (including phenoxy) is 1. The van der Waals surface area contributed by atoms with E-state index in [1.807, 2.05) is 37.0 Å². The molecule has 0 saturated carbocycles. The molecule has 3 rings (SSSR count). The lowest BCUT2D eigenvalue weighted by Gasteiger charge is -2.29. The highest BCUT2D eigenvalue weighted by Gasteiger charge is 2.41. The van der Waals surface area contributed by atoms with Gasteiger partial charge in [-0.15, -0.1) is 0 Å². The Morgan fingerprint density at radius 1 is 1.38 bits per heavy atom. The number of hydrogen-bond donors (Lipinski definition) is 1. The number of carbonyl (C=O) groups is 1. The Balaban J connectivity index is 2.12. The van der Waals surface area contributed by atoms with E-state index in [1.165, 1.54) is 7.11 Å². The average molecular weight is 372 g/mol. The van der Waals surface area contributed by atoms with Crippen molar-refractivity contribution in [3.63, 3.8) is 0 Å². The van der Waals surface area contributed by atoms with Crippen molar-refractivity contribution in [3.05, 3.63) is 68.4 Å². The molecule has 0 radical (unpaired) electrons. The Morgan fingerprint density at radius 3 is 2.77 bits per heavy atom. The van der Waals surface area contributed by atoms with Crippen molar-refractivity contribution in [2.45, 2.75) is 32.9 Å². The Bertz CT molecular complexity index is 956. The minimum absolute atomic E-state index is 0.0856. The summed E-state index contributed by atoms with van der Waals surface area (Å²) in [5.41, 5.74) is 2.10. The lowest BCUT2D eigenvalue weighted by Crippen LogP contribution is -2.37. The van der Waals surface area contributed by atoms with Gasteiger partial charge in [-0.2, -0.15) is 0 Å². The normalized spacial score (nSPS) is 20.9. The summed E-state index contributed by atoms with van der Waals surface area (Å²) in [6.45, 7) is 4.49. The summed E-state index contributed by atoms with van der Waals surface area (Å²) in [4.78, 5) is 13.9. The molecule has 1 aromatic rings. The van der Waals surface area contributed by atoms with Crippen LogP contribution >= 0.6 is 11.6 Å². The molecule has 1 N–H and O–H groups in total. The highest BCUT2D eigenvalue weighted by atomic mass is 35.5. The monoisotopic (exact) mass is 371 g/mol. The van der Waals surface area contributed by atoms with Crippen molar-refractivity contribution in [3.8, 4) is 0 Å². The molecule has 0 fully saturated rings. The van der Waals surface area contributed by atoms with Crippen LogP contribution in [-0.4, -0.2) is 29.1 Å². The molecule has 2 aliphatic rings. The smallest absolute Gasteiger partial charge is 0.356 e. The minimum atomic E-state index is -0.992. The molecule has 26 heavy (non-hydrogen) atoms. The fourth-order valence-corrected chi connectivity index (χ4v) is 3.98. The Kier molecular flexibility index (Phi) is 5.23. The number of nitrogens with zero attached hydrogens (tertiary/aromatic N) is 1. The van der Waals surface area contributed by atoms with Crippen LogP contribution < -0.4 is 10.4 Å². The number of fused-ring (bicyclic) bond motifs is 1. The lowest BCUT2D eigenvalue weighted by atomic mass is 9.98. The molecule has 4 nitrogen and oxygen atoms in total. The van der Waals surface area contributed by atoms with Crippen molar-refractivity contribution in [2.75, 3.05) is 7.11 Å². The van der Waals surface area contributed by atoms with Gasteiger partial charge in [0.05, 0.1) is 13.2 Å². The number of halogens is 1. The van der Waals surface area contributed by atoms with Crippen molar-refractivity contribution >= 4 is 29.7 Å². The average Bonchev–Trinajstić information content (AvgIpc) is 2.94. The molecule has 0 amide bonds. The molecule has 136 valence electrons. The van der Waals surface area contributed by atoms with E-state index in [-0.39, 0.29) is 11.7 Å². The van der Waals surface area contributed by atoms with Gasteiger partial charge in [0, 0.05) is 17.2 Å². The van der Waals surface area contributed by atoms with Crippen molar-refractivity contribution < 1.29 is 14.6 Å². The third-order valence-corrected chi connectivity index (χ3v) is 5.17. The predicted molar refractivity (Wildman–Crippen MR) is 104 cm³/mol. The van der Waals surface area contributed by atoms with Gasteiger partial charge in [-0.1, -0.05) is 48.0 Å². The maximum absolute atomic E-state index is 12.0. The molecule has 0 aromatic heterocycles. The van der Waals surface area contributed by atoms with Crippen LogP contribution in [0.5, 0.6) is 0 Å². The van der Waals surface area contributed by atoms with Crippen LogP contribution in [0.15, 0.2) is 52.4 Å². The molecule has 0 saturated heterocycles. The number of aliphatic carboxylic acids is 1. The number of hydrogen-bond acceptors (Lipinski definition) is 3. The molecular weight excluding hydrogens is 350 g/mol. The highest BCUT2D eigenvalue weighted by Crippen LogP contribution is 2.40. The summed E-state index contributed by atoms with van der Waals surface area (Å²) in [6, 6.07) is 6.02. The van der Waals surface area contributed by atoms with E-state index in [1.54, 1.807) is 6.08 Å². The summed E-state index contributed by atoms with van der Waals surface area (Å²) in [7, 11) is 1.50. The Morgan fingerprint density at radius 2 is 2.15 bits per heavy atom. The quantitative estimate of drug-likeness (QED) is 0.884. The second-order valence-electron chi connectivity index (χ2n) is 6.25. The summed E-state index contributed by atoms with van der Waals surface area (Å²) >= 11 is 6.16. The Labute approximate surface area is 158 Å². The van der Waals surface area contributed by atoms with Crippen molar-refractivity contribution in [2.24, 2.45) is 0 Å². The van der Waals surface area contributed by atoms with Crippen LogP contribution in [0.2, 0.25) is 0 Å². The first-order valence-electron chi connectivity index (χ1n) is 8.58. The number of allylic oxidation sites excluding steroid dienone is 2. The van der Waals surface area contributed by atoms with Crippen LogP contribution in [0.3, 0.4) is 0 Å². The van der Waals surface area contributed by atoms with Crippen molar-refractivity contribution in [1.82, 2.24) is 4.90 Å². The van der Waals surface area contributed by atoms with Gasteiger partial charge < -0.3 is 14.7 Å². The fraction of sp³-hybridized carbons (Fsp3) is 0.286. The van der Waals surface area contributed by atoms with Gasteiger partial charge in [-0.05, 0) is 42.3 Å². The number of methoxy groups -OCH3 is 1. The van der Waals surface area contributed by atoms with Gasteiger partial charge in [0.15, 0.2) is 11.5 Å². The molecular formula is C21H22ClNO3. The lowest BCUT2D eigenvalue weighted by molar-refractivity contribution is -0.134. The SMILES string of the molecule is C/C=c1/cccc(CN2C(C(=O)O)=C(OC)C3=CC(Cl)=CCC32)/c1=C/C. The largest absolute Gasteiger partial charge is 0.494 e. The number of carboxylic acids is 1. The van der Waals surface area contributed by atoms with Gasteiger partial charge in [-0.25, -0.2) is 4.79 Å². The molecule has 5 heteroatoms. The third kappa shape index (κ3) is 3.06. The van der Waals surface area contributed by atoms with Crippen molar-refractivity contribution in [1.29, 1.82) is 0 Å². The van der Waals surface area contributed by atoms with Gasteiger partial charge in [-0.3, -0.25) is 0 Å². The fourth-order valence-electron chi connectivity index (χ4n) is 3.77. The maximum Gasteiger partial charge on any atom is 0.356 e. The van der Waals surface area contributed by atoms with E-state index in [0.29, 0.717) is 23.8 Å². The van der Waals surface area contributed by atoms with Gasteiger partial charge in [0.2, 0.25) is 0 Å². The number of carboxylic acid groups (broad SMARTS) is 1. The summed E-state index contributed by atoms with van der Waals surface area (Å²) in [5, 5.41) is 12.7. The zero-order valence-electron chi connectivity index (χ0n) is 15.1. The van der Waals surface area contributed by atoms with Crippen LogP contribution in [0.4, 0.5) is 0 Å². The molecule has 0 spiro atoms. The van der Waals surface area contributed by atoms with Gasteiger partial charge in [0.25, 0.3) is 0 Å². The van der Waals surface area contributed by atoms with Crippen LogP contribution in [0, 0.1) is 0 Å². The molecule has 1 aliphatic heterocycles. The third-order valence-electron chi connectivity index (χ3n) is 4.91. The summed E-state index contributed by atoms with van der Waals surface area (Å²) < 4.78 is 5.46. The molecule has 1 heterocycles. The summed E-state index contributed by atoms with van der Waals surface area (Å²) in [5.74, 6) is -0.595. The predicted octanol–water partition coefficient (Wildman–Crippen LogP) is 2.87. The summed E-state index contributed by atoms with van der Waals surface area (Å²) in [6.07, 6.45) is 8.51. The zero-order chi connectivity index (χ0) is 18.8. The van der Waals surface area contributed by atoms with Crippen LogP contribution in [-0.2, 0) is 16.1 Å². The first-order chi connectivity index (χ1) is 12.5.